The molecule has 1 aromatic carbocycles. The number of nitrogens with zero attached hydrogens (tertiary/aromatic N) is 3. The number of aromatic amines is 1. The maximum atomic E-state index is 11.8. The number of aromatic nitrogens is 2. The number of nitrogens with one attached hydrogen (secondary N) is 1. The van der Waals surface area contributed by atoms with Crippen LogP contribution in [0.5, 0.6) is 0 Å². The second-order valence-electron chi connectivity index (χ2n) is 7.46. The van der Waals surface area contributed by atoms with E-state index in [1.54, 1.807) is 6.20 Å². The number of hydrogen-bond donors (Lipinski definition) is 1. The number of H-pyrrole nitrogens is 1. The molecule has 3 aromatic rings. The van der Waals surface area contributed by atoms with Crippen molar-refractivity contribution in [2.24, 2.45) is 0 Å². The van der Waals surface area contributed by atoms with Crippen molar-refractivity contribution in [3.63, 3.8) is 0 Å². The molecule has 0 unspecified atom stereocenters. The first-order valence-electron chi connectivity index (χ1n) is 9.72. The van der Waals surface area contributed by atoms with Crippen LogP contribution in [0.2, 0.25) is 0 Å². The molecule has 1 aliphatic rings. The van der Waals surface area contributed by atoms with Crippen LogP contribution in [0.3, 0.4) is 0 Å². The number of carbonyl (C=O) groups excluding carboxylic acids is 1. The lowest BCUT2D eigenvalue weighted by molar-refractivity contribution is 0.0595. The molecule has 28 heavy (non-hydrogen) atoms. The molecule has 0 radical (unpaired) electrons. The number of carbonyl (C=O) groups is 1. The fourth-order valence-electron chi connectivity index (χ4n) is 3.83. The molecule has 146 valence electrons. The molecule has 6 nitrogen and oxygen atoms in total. The number of benzene rings is 1. The quantitative estimate of drug-likeness (QED) is 0.704. The zero-order valence-electron chi connectivity index (χ0n) is 16.6. The van der Waals surface area contributed by atoms with Gasteiger partial charge in [-0.25, -0.2) is 4.79 Å². The summed E-state index contributed by atoms with van der Waals surface area (Å²) in [7, 11) is 1.38. The Morgan fingerprint density at radius 2 is 1.82 bits per heavy atom. The molecule has 0 spiro atoms. The molecule has 0 bridgehead atoms. The first kappa shape index (κ1) is 18.5. The van der Waals surface area contributed by atoms with Crippen molar-refractivity contribution in [1.29, 1.82) is 0 Å². The van der Waals surface area contributed by atoms with Crippen molar-refractivity contribution in [1.82, 2.24) is 14.9 Å². The van der Waals surface area contributed by atoms with E-state index in [0.717, 1.165) is 48.3 Å². The number of piperazine rings is 1. The van der Waals surface area contributed by atoms with Crippen molar-refractivity contribution in [3.8, 4) is 11.3 Å². The van der Waals surface area contributed by atoms with Crippen molar-refractivity contribution >= 4 is 22.6 Å². The second kappa shape index (κ2) is 7.64. The average Bonchev–Trinajstić information content (AvgIpc) is 3.18. The third-order valence-electron chi connectivity index (χ3n) is 5.50. The van der Waals surface area contributed by atoms with E-state index < -0.39 is 0 Å². The molecule has 0 atom stereocenters. The first-order valence-corrected chi connectivity index (χ1v) is 9.72. The Labute approximate surface area is 165 Å². The summed E-state index contributed by atoms with van der Waals surface area (Å²) in [5.41, 5.74) is 4.44. The van der Waals surface area contributed by atoms with Crippen LogP contribution >= 0.6 is 0 Å². The summed E-state index contributed by atoms with van der Waals surface area (Å²) in [5, 5.41) is 0.918. The van der Waals surface area contributed by atoms with E-state index in [0.29, 0.717) is 11.7 Å². The molecule has 0 aliphatic carbocycles. The maximum absolute atomic E-state index is 11.8. The highest BCUT2D eigenvalue weighted by Crippen LogP contribution is 2.29. The first-order chi connectivity index (χ1) is 13.6. The molecular weight excluding hydrogens is 352 g/mol. The van der Waals surface area contributed by atoms with Crippen LogP contribution in [-0.4, -0.2) is 60.2 Å². The lowest BCUT2D eigenvalue weighted by Gasteiger charge is -2.38. The van der Waals surface area contributed by atoms with Crippen molar-refractivity contribution in [2.75, 3.05) is 38.2 Å². The molecule has 3 heterocycles. The minimum Gasteiger partial charge on any atom is -0.464 e. The number of fused-ring (bicyclic) bond motifs is 1. The Bertz CT molecular complexity index is 970. The van der Waals surface area contributed by atoms with Gasteiger partial charge >= 0.3 is 5.97 Å². The van der Waals surface area contributed by atoms with Crippen molar-refractivity contribution in [3.05, 3.63) is 48.3 Å². The third kappa shape index (κ3) is 3.47. The Morgan fingerprint density at radius 1 is 1.11 bits per heavy atom. The van der Waals surface area contributed by atoms with Crippen LogP contribution < -0.4 is 4.90 Å². The number of ether oxygens (including phenoxy) is 1. The van der Waals surface area contributed by atoms with Crippen LogP contribution in [0.15, 0.2) is 42.6 Å². The summed E-state index contributed by atoms with van der Waals surface area (Å²) in [4.78, 5) is 24.4. The van der Waals surface area contributed by atoms with Gasteiger partial charge in [0.05, 0.1) is 12.8 Å². The number of anilines is 1. The topological polar surface area (TPSA) is 61.5 Å². The van der Waals surface area contributed by atoms with Crippen molar-refractivity contribution in [2.45, 2.75) is 19.9 Å². The minimum atomic E-state index is -0.377. The van der Waals surface area contributed by atoms with Gasteiger partial charge in [0.2, 0.25) is 0 Å². The standard InChI is InChI=1S/C22H26N4O2/c1-15(2)25-10-12-26(13-11-25)17-6-4-16(5-7-17)21-18-14-20(22(27)28-3)24-19(18)8-9-23-21/h4-9,14-15,24H,10-13H2,1-3H3. The number of pyridine rings is 1. The lowest BCUT2D eigenvalue weighted by Crippen LogP contribution is -2.48. The monoisotopic (exact) mass is 378 g/mol. The largest absolute Gasteiger partial charge is 0.464 e. The molecule has 1 saturated heterocycles. The van der Waals surface area contributed by atoms with Crippen LogP contribution in [-0.2, 0) is 4.74 Å². The molecule has 1 aliphatic heterocycles. The van der Waals surface area contributed by atoms with Gasteiger partial charge < -0.3 is 14.6 Å². The maximum Gasteiger partial charge on any atom is 0.354 e. The molecule has 0 saturated carbocycles. The van der Waals surface area contributed by atoms with Gasteiger partial charge in [0.15, 0.2) is 0 Å². The van der Waals surface area contributed by atoms with Gasteiger partial charge in [0.1, 0.15) is 5.69 Å². The molecule has 1 fully saturated rings. The zero-order chi connectivity index (χ0) is 19.7. The summed E-state index contributed by atoms with van der Waals surface area (Å²) in [6.07, 6.45) is 1.76. The van der Waals surface area contributed by atoms with Gasteiger partial charge in [-0.3, -0.25) is 9.88 Å². The Kier molecular flexibility index (Phi) is 5.05. The fraction of sp³-hybridized carbons (Fsp3) is 0.364. The van der Waals surface area contributed by atoms with Gasteiger partial charge in [0.25, 0.3) is 0 Å². The molecule has 6 heteroatoms. The van der Waals surface area contributed by atoms with E-state index >= 15 is 0 Å². The van der Waals surface area contributed by atoms with E-state index in [4.69, 9.17) is 4.74 Å². The van der Waals surface area contributed by atoms with E-state index in [-0.39, 0.29) is 5.97 Å². The predicted molar refractivity (Wildman–Crippen MR) is 112 cm³/mol. The van der Waals surface area contributed by atoms with Gasteiger partial charge in [-0.15, -0.1) is 0 Å². The summed E-state index contributed by atoms with van der Waals surface area (Å²) in [5.74, 6) is -0.377. The molecule has 4 rings (SSSR count). The van der Waals surface area contributed by atoms with Crippen LogP contribution in [0.25, 0.3) is 22.2 Å². The molecule has 0 amide bonds. The molecule has 1 N–H and O–H groups in total. The van der Waals surface area contributed by atoms with Crippen LogP contribution in [0.4, 0.5) is 5.69 Å². The average molecular weight is 378 g/mol. The minimum absolute atomic E-state index is 0.377. The van der Waals surface area contributed by atoms with Gasteiger partial charge in [0, 0.05) is 60.6 Å². The fourth-order valence-corrected chi connectivity index (χ4v) is 3.83. The van der Waals surface area contributed by atoms with E-state index in [2.05, 4.69) is 57.9 Å². The third-order valence-corrected chi connectivity index (χ3v) is 5.50. The highest BCUT2D eigenvalue weighted by atomic mass is 16.5. The normalized spacial score (nSPS) is 15.4. The molecular formula is C22H26N4O2. The van der Waals surface area contributed by atoms with E-state index in [1.807, 2.05) is 12.1 Å². The number of methoxy groups -OCH3 is 1. The predicted octanol–water partition coefficient (Wildman–Crippen LogP) is 3.55. The smallest absolute Gasteiger partial charge is 0.354 e. The molecule has 2 aromatic heterocycles. The second-order valence-corrected chi connectivity index (χ2v) is 7.46. The summed E-state index contributed by atoms with van der Waals surface area (Å²) in [6, 6.07) is 12.8. The van der Waals surface area contributed by atoms with Gasteiger partial charge in [-0.05, 0) is 38.1 Å². The SMILES string of the molecule is COC(=O)c1cc2c(-c3ccc(N4CCN(C(C)C)CC4)cc3)nccc2[nH]1. The van der Waals surface area contributed by atoms with E-state index in [1.165, 1.54) is 12.8 Å². The Hall–Kier alpha value is -2.86. The number of rotatable bonds is 4. The van der Waals surface area contributed by atoms with Gasteiger partial charge in [-0.2, -0.15) is 0 Å². The number of hydrogen-bond acceptors (Lipinski definition) is 5. The lowest BCUT2D eigenvalue weighted by atomic mass is 10.1. The summed E-state index contributed by atoms with van der Waals surface area (Å²) < 4.78 is 4.82. The summed E-state index contributed by atoms with van der Waals surface area (Å²) in [6.45, 7) is 8.80. The number of esters is 1. The Balaban J connectivity index is 1.58. The van der Waals surface area contributed by atoms with Crippen LogP contribution in [0.1, 0.15) is 24.3 Å². The Morgan fingerprint density at radius 3 is 2.46 bits per heavy atom. The zero-order valence-corrected chi connectivity index (χ0v) is 16.6. The van der Waals surface area contributed by atoms with Gasteiger partial charge in [-0.1, -0.05) is 12.1 Å². The highest BCUT2D eigenvalue weighted by Gasteiger charge is 2.19. The highest BCUT2D eigenvalue weighted by molar-refractivity contribution is 6.00. The van der Waals surface area contributed by atoms with Crippen LogP contribution in [0, 0.1) is 0 Å². The van der Waals surface area contributed by atoms with Crippen molar-refractivity contribution < 1.29 is 9.53 Å². The van der Waals surface area contributed by atoms with E-state index in [9.17, 15) is 4.79 Å². The summed E-state index contributed by atoms with van der Waals surface area (Å²) >= 11 is 0.